The quantitative estimate of drug-likeness (QED) is 0.625. The van der Waals surface area contributed by atoms with E-state index in [9.17, 15) is 4.79 Å². The minimum Gasteiger partial charge on any atom is -0.481 e. The van der Waals surface area contributed by atoms with Gasteiger partial charge in [-0.2, -0.15) is 5.26 Å². The van der Waals surface area contributed by atoms with Crippen LogP contribution in [0.4, 0.5) is 0 Å². The van der Waals surface area contributed by atoms with Gasteiger partial charge in [-0.15, -0.1) is 0 Å². The first-order chi connectivity index (χ1) is 5.41. The van der Waals surface area contributed by atoms with Crippen LogP contribution in [0.2, 0.25) is 0 Å². The van der Waals surface area contributed by atoms with E-state index in [-0.39, 0.29) is 0 Å². The van der Waals surface area contributed by atoms with Crippen LogP contribution in [0.5, 0.6) is 0 Å². The number of hydrogen-bond donors (Lipinski definition) is 1. The lowest BCUT2D eigenvalue weighted by Gasteiger charge is -2.19. The molecule has 0 aliphatic heterocycles. The van der Waals surface area contributed by atoms with Crippen molar-refractivity contribution in [2.45, 2.75) is 20.8 Å². The molecule has 0 aromatic rings. The SMILES string of the molecule is C[C@H](C(=O)O)C(C)(C)C#N.[CH2-]I. The van der Waals surface area contributed by atoms with Gasteiger partial charge in [-0.25, -0.2) is 0 Å². The fraction of sp³-hybridized carbons (Fsp3) is 0.625. The second kappa shape index (κ2) is 6.23. The first-order valence-corrected chi connectivity index (χ1v) is 4.85. The highest BCUT2D eigenvalue weighted by molar-refractivity contribution is 14.1. The van der Waals surface area contributed by atoms with Crippen LogP contribution < -0.4 is 0 Å². The Labute approximate surface area is 86.9 Å². The molecule has 0 unspecified atom stereocenters. The highest BCUT2D eigenvalue weighted by atomic mass is 127. The van der Waals surface area contributed by atoms with Crippen molar-refractivity contribution >= 4 is 28.6 Å². The highest BCUT2D eigenvalue weighted by Gasteiger charge is 2.30. The van der Waals surface area contributed by atoms with Gasteiger partial charge in [0.15, 0.2) is 0 Å². The zero-order valence-electron chi connectivity index (χ0n) is 7.47. The lowest BCUT2D eigenvalue weighted by Crippen LogP contribution is -2.26. The summed E-state index contributed by atoms with van der Waals surface area (Å²) in [7, 11) is 0. The average molecular weight is 282 g/mol. The van der Waals surface area contributed by atoms with Crippen LogP contribution in [0.25, 0.3) is 0 Å². The van der Waals surface area contributed by atoms with Crippen molar-refractivity contribution in [1.29, 1.82) is 5.26 Å². The fourth-order valence-electron chi connectivity index (χ4n) is 0.406. The van der Waals surface area contributed by atoms with Crippen molar-refractivity contribution in [2.75, 3.05) is 0 Å². The minimum atomic E-state index is -0.924. The van der Waals surface area contributed by atoms with Crippen LogP contribution in [0, 0.1) is 27.6 Å². The number of carboxylic acids is 1. The topological polar surface area (TPSA) is 61.1 Å². The van der Waals surface area contributed by atoms with Gasteiger partial charge in [-0.3, -0.25) is 9.73 Å². The first kappa shape index (κ1) is 14.2. The molecule has 0 aliphatic carbocycles. The maximum atomic E-state index is 10.4. The van der Waals surface area contributed by atoms with Gasteiger partial charge in [0.2, 0.25) is 0 Å². The van der Waals surface area contributed by atoms with Gasteiger partial charge in [0, 0.05) is 0 Å². The van der Waals surface area contributed by atoms with Gasteiger partial charge in [0.25, 0.3) is 0 Å². The van der Waals surface area contributed by atoms with Gasteiger partial charge in [-0.05, 0) is 13.8 Å². The molecular formula is C8H13INO2-. The van der Waals surface area contributed by atoms with Gasteiger partial charge in [0.1, 0.15) is 0 Å². The van der Waals surface area contributed by atoms with Crippen molar-refractivity contribution in [3.8, 4) is 6.07 Å². The number of carbonyl (C=O) groups is 1. The Morgan fingerprint density at radius 1 is 1.67 bits per heavy atom. The highest BCUT2D eigenvalue weighted by Crippen LogP contribution is 2.24. The number of hydrogen-bond acceptors (Lipinski definition) is 2. The molecule has 0 saturated carbocycles. The Balaban J connectivity index is 0. The Hall–Kier alpha value is -0.310. The number of halogens is 1. The molecule has 12 heavy (non-hydrogen) atoms. The summed E-state index contributed by atoms with van der Waals surface area (Å²) in [5, 5.41) is 17.0. The number of nitriles is 1. The summed E-state index contributed by atoms with van der Waals surface area (Å²) in [6.45, 7) is 4.77. The molecule has 0 aromatic heterocycles. The molecule has 0 rings (SSSR count). The second-order valence-corrected chi connectivity index (χ2v) is 2.89. The third kappa shape index (κ3) is 4.54. The van der Waals surface area contributed by atoms with Crippen molar-refractivity contribution in [2.24, 2.45) is 11.3 Å². The summed E-state index contributed by atoms with van der Waals surface area (Å²) >= 11 is 1.90. The first-order valence-electron chi connectivity index (χ1n) is 3.32. The average Bonchev–Trinajstić information content (AvgIpc) is 2.06. The molecule has 0 heterocycles. The zero-order chi connectivity index (χ0) is 10.4. The predicted octanol–water partition coefficient (Wildman–Crippen LogP) is 2.47. The van der Waals surface area contributed by atoms with Gasteiger partial charge in [0.05, 0.1) is 17.4 Å². The monoisotopic (exact) mass is 282 g/mol. The summed E-state index contributed by atoms with van der Waals surface area (Å²) in [6.07, 6.45) is 0. The summed E-state index contributed by atoms with van der Waals surface area (Å²) < 4.78 is 0. The number of aliphatic carboxylic acids is 1. The Kier molecular flexibility index (Phi) is 7.39. The van der Waals surface area contributed by atoms with Gasteiger partial charge >= 0.3 is 5.97 Å². The molecular weight excluding hydrogens is 269 g/mol. The molecule has 0 fully saturated rings. The van der Waals surface area contributed by atoms with Crippen molar-refractivity contribution in [1.82, 2.24) is 0 Å². The van der Waals surface area contributed by atoms with Crippen LogP contribution in [0.3, 0.4) is 0 Å². The van der Waals surface area contributed by atoms with Crippen LogP contribution in [0.1, 0.15) is 20.8 Å². The number of nitrogens with zero attached hydrogens (tertiary/aromatic N) is 1. The van der Waals surface area contributed by atoms with E-state index < -0.39 is 17.3 Å². The second-order valence-electron chi connectivity index (χ2n) is 2.89. The molecule has 0 bridgehead atoms. The molecule has 0 spiro atoms. The third-order valence-electron chi connectivity index (χ3n) is 1.74. The Morgan fingerprint density at radius 3 is 2.08 bits per heavy atom. The van der Waals surface area contributed by atoms with E-state index in [1.54, 1.807) is 13.8 Å². The minimum absolute atomic E-state index is 0.613. The van der Waals surface area contributed by atoms with E-state index in [2.05, 4.69) is 4.93 Å². The molecule has 1 atom stereocenters. The smallest absolute Gasteiger partial charge is 0.307 e. The van der Waals surface area contributed by atoms with Crippen LogP contribution in [-0.4, -0.2) is 11.1 Å². The van der Waals surface area contributed by atoms with E-state index >= 15 is 0 Å². The van der Waals surface area contributed by atoms with Crippen LogP contribution in [0.15, 0.2) is 0 Å². The molecule has 70 valence electrons. The normalized spacial score (nSPS) is 12.0. The third-order valence-corrected chi connectivity index (χ3v) is 1.74. The fourth-order valence-corrected chi connectivity index (χ4v) is 0.406. The summed E-state index contributed by atoms with van der Waals surface area (Å²) in [6, 6.07) is 1.94. The predicted molar refractivity (Wildman–Crippen MR) is 55.6 cm³/mol. The van der Waals surface area contributed by atoms with E-state index in [0.717, 1.165) is 0 Å². The molecule has 3 nitrogen and oxygen atoms in total. The van der Waals surface area contributed by atoms with E-state index in [4.69, 9.17) is 10.4 Å². The molecule has 0 aromatic carbocycles. The van der Waals surface area contributed by atoms with Gasteiger partial charge in [-0.1, -0.05) is 6.92 Å². The zero-order valence-corrected chi connectivity index (χ0v) is 9.62. The van der Waals surface area contributed by atoms with E-state index in [0.29, 0.717) is 0 Å². The van der Waals surface area contributed by atoms with Crippen molar-refractivity contribution < 1.29 is 9.90 Å². The summed E-state index contributed by atoms with van der Waals surface area (Å²) in [5.41, 5.74) is -0.772. The van der Waals surface area contributed by atoms with E-state index in [1.165, 1.54) is 6.92 Å². The Morgan fingerprint density at radius 2 is 2.00 bits per heavy atom. The maximum absolute atomic E-state index is 10.4. The summed E-state index contributed by atoms with van der Waals surface area (Å²) in [5.74, 6) is -1.54. The lowest BCUT2D eigenvalue weighted by atomic mass is 9.82. The molecule has 4 heteroatoms. The largest absolute Gasteiger partial charge is 0.481 e. The molecule has 0 saturated heterocycles. The van der Waals surface area contributed by atoms with Crippen LogP contribution in [-0.2, 0) is 4.79 Å². The Bertz CT molecular complexity index is 184. The molecule has 0 radical (unpaired) electrons. The van der Waals surface area contributed by atoms with Crippen molar-refractivity contribution in [3.05, 3.63) is 4.93 Å². The standard InChI is InChI=1S/C7H11NO2.CH2I/c1-5(6(9)10)7(2,3)4-8;1-2/h5H,1-3H3,(H,9,10);1H2/q;-1/t5-;/m1./s1. The number of carboxylic acid groups (broad SMARTS) is 1. The summed E-state index contributed by atoms with van der Waals surface area (Å²) in [4.78, 5) is 13.6. The van der Waals surface area contributed by atoms with Crippen molar-refractivity contribution in [3.63, 3.8) is 0 Å². The molecule has 0 amide bonds. The van der Waals surface area contributed by atoms with Crippen LogP contribution >= 0.6 is 22.6 Å². The molecule has 0 aliphatic rings. The molecule has 1 N–H and O–H groups in total. The van der Waals surface area contributed by atoms with E-state index in [1.807, 2.05) is 28.7 Å². The lowest BCUT2D eigenvalue weighted by molar-refractivity contribution is -0.143. The number of rotatable bonds is 2. The van der Waals surface area contributed by atoms with Gasteiger partial charge < -0.3 is 27.7 Å². The maximum Gasteiger partial charge on any atom is 0.307 e.